The van der Waals surface area contributed by atoms with Crippen LogP contribution in [0.2, 0.25) is 0 Å². The van der Waals surface area contributed by atoms with E-state index in [1.165, 1.54) is 84.0 Å². The van der Waals surface area contributed by atoms with Crippen molar-refractivity contribution in [3.05, 3.63) is 0 Å². The predicted octanol–water partition coefficient (Wildman–Crippen LogP) is 3.42. The molecule has 1 saturated carbocycles. The molecule has 1 aliphatic heterocycles. The first-order valence-electron chi connectivity index (χ1n) is 8.36. The summed E-state index contributed by atoms with van der Waals surface area (Å²) in [4.78, 5) is 2.79. The van der Waals surface area contributed by atoms with Crippen LogP contribution >= 0.6 is 0 Å². The number of nitrogens with zero attached hydrogens (tertiary/aromatic N) is 1. The largest absolute Gasteiger partial charge is 0.315 e. The van der Waals surface area contributed by atoms with E-state index in [-0.39, 0.29) is 0 Å². The molecule has 0 amide bonds. The molecule has 1 heterocycles. The molecular weight excluding hydrogens is 220 g/mol. The van der Waals surface area contributed by atoms with E-state index in [0.29, 0.717) is 0 Å². The van der Waals surface area contributed by atoms with Crippen LogP contribution in [0.5, 0.6) is 0 Å². The van der Waals surface area contributed by atoms with Crippen molar-refractivity contribution in [2.24, 2.45) is 5.92 Å². The fourth-order valence-electron chi connectivity index (χ4n) is 3.85. The molecule has 0 aromatic carbocycles. The first-order chi connectivity index (χ1) is 8.92. The summed E-state index contributed by atoms with van der Waals surface area (Å²) in [5.41, 5.74) is 0. The Bertz CT molecular complexity index is 215. The molecule has 0 aromatic rings. The van der Waals surface area contributed by atoms with Crippen LogP contribution in [-0.2, 0) is 0 Å². The summed E-state index contributed by atoms with van der Waals surface area (Å²) >= 11 is 0. The van der Waals surface area contributed by atoms with Crippen molar-refractivity contribution in [2.45, 2.75) is 70.8 Å². The highest BCUT2D eigenvalue weighted by Gasteiger charge is 2.32. The average molecular weight is 252 g/mol. The molecule has 0 unspecified atom stereocenters. The first kappa shape index (κ1) is 14.3. The summed E-state index contributed by atoms with van der Waals surface area (Å²) in [6, 6.07) is 0.935. The van der Waals surface area contributed by atoms with Gasteiger partial charge in [0.15, 0.2) is 0 Å². The van der Waals surface area contributed by atoms with Gasteiger partial charge in [0.05, 0.1) is 0 Å². The van der Waals surface area contributed by atoms with E-state index in [9.17, 15) is 0 Å². The smallest absolute Gasteiger partial charge is 0.0124 e. The molecule has 1 N–H and O–H groups in total. The molecule has 2 rings (SSSR count). The van der Waals surface area contributed by atoms with Crippen LogP contribution in [0.15, 0.2) is 0 Å². The van der Waals surface area contributed by atoms with Gasteiger partial charge in [0.25, 0.3) is 0 Å². The van der Waals surface area contributed by atoms with Crippen molar-refractivity contribution in [3.63, 3.8) is 0 Å². The summed E-state index contributed by atoms with van der Waals surface area (Å²) in [5, 5.41) is 3.62. The molecule has 2 heteroatoms. The number of hydrogen-bond acceptors (Lipinski definition) is 2. The van der Waals surface area contributed by atoms with Crippen LogP contribution in [0.1, 0.15) is 64.7 Å². The Morgan fingerprint density at radius 3 is 2.72 bits per heavy atom. The fourth-order valence-corrected chi connectivity index (χ4v) is 3.85. The van der Waals surface area contributed by atoms with E-state index >= 15 is 0 Å². The Morgan fingerprint density at radius 2 is 1.83 bits per heavy atom. The Hall–Kier alpha value is -0.0800. The molecule has 0 spiro atoms. The van der Waals surface area contributed by atoms with Gasteiger partial charge in [-0.2, -0.15) is 0 Å². The summed E-state index contributed by atoms with van der Waals surface area (Å²) in [5.74, 6) is 1.03. The van der Waals surface area contributed by atoms with E-state index < -0.39 is 0 Å². The lowest BCUT2D eigenvalue weighted by atomic mass is 9.78. The zero-order valence-corrected chi connectivity index (χ0v) is 12.3. The van der Waals surface area contributed by atoms with Crippen molar-refractivity contribution in [2.75, 3.05) is 26.2 Å². The molecular formula is C16H32N2. The van der Waals surface area contributed by atoms with Crippen LogP contribution in [0.4, 0.5) is 0 Å². The Balaban J connectivity index is 1.62. The maximum atomic E-state index is 3.62. The van der Waals surface area contributed by atoms with Gasteiger partial charge in [0, 0.05) is 19.1 Å². The normalized spacial score (nSPS) is 29.2. The second kappa shape index (κ2) is 8.16. The van der Waals surface area contributed by atoms with Gasteiger partial charge in [-0.3, -0.25) is 4.90 Å². The number of likely N-dealkylation sites (tertiary alicyclic amines) is 1. The maximum Gasteiger partial charge on any atom is 0.0124 e. The molecule has 18 heavy (non-hydrogen) atoms. The summed E-state index contributed by atoms with van der Waals surface area (Å²) < 4.78 is 0. The third-order valence-electron chi connectivity index (χ3n) is 4.89. The number of rotatable bonds is 7. The molecule has 1 saturated heterocycles. The van der Waals surface area contributed by atoms with Crippen LogP contribution in [-0.4, -0.2) is 37.1 Å². The van der Waals surface area contributed by atoms with Gasteiger partial charge in [-0.15, -0.1) is 0 Å². The number of unbranched alkanes of at least 4 members (excludes halogenated alkanes) is 2. The van der Waals surface area contributed by atoms with Crippen molar-refractivity contribution in [1.29, 1.82) is 0 Å². The monoisotopic (exact) mass is 252 g/mol. The molecule has 0 radical (unpaired) electrons. The van der Waals surface area contributed by atoms with E-state index in [1.807, 2.05) is 0 Å². The number of fused-ring (bicyclic) bond motifs is 1. The van der Waals surface area contributed by atoms with Crippen molar-refractivity contribution < 1.29 is 0 Å². The minimum atomic E-state index is 0.935. The van der Waals surface area contributed by atoms with Gasteiger partial charge in [0.1, 0.15) is 0 Å². The van der Waals surface area contributed by atoms with Crippen molar-refractivity contribution in [3.8, 4) is 0 Å². The lowest BCUT2D eigenvalue weighted by molar-refractivity contribution is 0.0619. The molecule has 2 nitrogen and oxygen atoms in total. The van der Waals surface area contributed by atoms with Crippen molar-refractivity contribution in [1.82, 2.24) is 10.2 Å². The summed E-state index contributed by atoms with van der Waals surface area (Å²) in [6.07, 6.45) is 12.9. The number of piperidine rings is 1. The van der Waals surface area contributed by atoms with E-state index in [1.54, 1.807) is 0 Å². The molecule has 2 aliphatic rings. The zero-order valence-electron chi connectivity index (χ0n) is 12.3. The van der Waals surface area contributed by atoms with E-state index in [0.717, 1.165) is 12.0 Å². The third kappa shape index (κ3) is 4.24. The van der Waals surface area contributed by atoms with Gasteiger partial charge in [0.2, 0.25) is 0 Å². The highest BCUT2D eigenvalue weighted by Crippen LogP contribution is 2.34. The maximum absolute atomic E-state index is 3.62. The Kier molecular flexibility index (Phi) is 6.50. The molecule has 2 atom stereocenters. The zero-order chi connectivity index (χ0) is 12.6. The van der Waals surface area contributed by atoms with Crippen LogP contribution < -0.4 is 5.32 Å². The molecule has 1 aliphatic carbocycles. The number of nitrogens with one attached hydrogen (secondary N) is 1. The predicted molar refractivity (Wildman–Crippen MR) is 78.9 cm³/mol. The van der Waals surface area contributed by atoms with Crippen LogP contribution in [0.3, 0.4) is 0 Å². The SMILES string of the molecule is CCCCCNCCN1CCC[C@H]2CCCC[C@H]21. The topological polar surface area (TPSA) is 15.3 Å². The minimum absolute atomic E-state index is 0.935. The van der Waals surface area contributed by atoms with Crippen molar-refractivity contribution >= 4 is 0 Å². The summed E-state index contributed by atoms with van der Waals surface area (Å²) in [7, 11) is 0. The summed E-state index contributed by atoms with van der Waals surface area (Å²) in [6.45, 7) is 7.34. The van der Waals surface area contributed by atoms with Gasteiger partial charge >= 0.3 is 0 Å². The first-order valence-corrected chi connectivity index (χ1v) is 8.36. The Morgan fingerprint density at radius 1 is 1.00 bits per heavy atom. The van der Waals surface area contributed by atoms with Gasteiger partial charge in [-0.1, -0.05) is 32.6 Å². The fraction of sp³-hybridized carbons (Fsp3) is 1.00. The van der Waals surface area contributed by atoms with Crippen LogP contribution in [0, 0.1) is 5.92 Å². The second-order valence-electron chi connectivity index (χ2n) is 6.25. The molecule has 0 bridgehead atoms. The van der Waals surface area contributed by atoms with E-state index in [4.69, 9.17) is 0 Å². The van der Waals surface area contributed by atoms with E-state index in [2.05, 4.69) is 17.1 Å². The van der Waals surface area contributed by atoms with Crippen LogP contribution in [0.25, 0.3) is 0 Å². The average Bonchev–Trinajstić information content (AvgIpc) is 2.43. The van der Waals surface area contributed by atoms with Gasteiger partial charge in [-0.25, -0.2) is 0 Å². The lowest BCUT2D eigenvalue weighted by Crippen LogP contribution is -2.48. The number of hydrogen-bond donors (Lipinski definition) is 1. The standard InChI is InChI=1S/C16H32N2/c1-2-3-6-11-17-12-14-18-13-7-9-15-8-4-5-10-16(15)18/h15-17H,2-14H2,1H3/t15-,16-/m1/s1. The van der Waals surface area contributed by atoms with Gasteiger partial charge in [-0.05, 0) is 51.1 Å². The highest BCUT2D eigenvalue weighted by molar-refractivity contribution is 4.87. The third-order valence-corrected chi connectivity index (χ3v) is 4.89. The quantitative estimate of drug-likeness (QED) is 0.698. The second-order valence-corrected chi connectivity index (χ2v) is 6.25. The highest BCUT2D eigenvalue weighted by atomic mass is 15.2. The molecule has 2 fully saturated rings. The minimum Gasteiger partial charge on any atom is -0.315 e. The lowest BCUT2D eigenvalue weighted by Gasteiger charge is -2.44. The molecule has 106 valence electrons. The molecule has 0 aromatic heterocycles. The Labute approximate surface area is 114 Å². The van der Waals surface area contributed by atoms with Gasteiger partial charge < -0.3 is 5.32 Å².